The summed E-state index contributed by atoms with van der Waals surface area (Å²) in [7, 11) is 2.46. The van der Waals surface area contributed by atoms with Gasteiger partial charge in [-0.2, -0.15) is 0 Å². The zero-order valence-corrected chi connectivity index (χ0v) is 47.7. The first kappa shape index (κ1) is 54.3. The summed E-state index contributed by atoms with van der Waals surface area (Å²) >= 11 is 1.96. The van der Waals surface area contributed by atoms with E-state index in [1.165, 1.54) is 102 Å². The van der Waals surface area contributed by atoms with Gasteiger partial charge >= 0.3 is 0 Å². The van der Waals surface area contributed by atoms with Crippen molar-refractivity contribution in [3.05, 3.63) is 154 Å². The first-order chi connectivity index (χ1) is 32.1. The molecule has 4 aliphatic rings. The van der Waals surface area contributed by atoms with E-state index in [4.69, 9.17) is 6.58 Å². The van der Waals surface area contributed by atoms with Crippen molar-refractivity contribution in [1.82, 2.24) is 4.90 Å². The van der Waals surface area contributed by atoms with Crippen molar-refractivity contribution in [2.75, 3.05) is 11.4 Å². The molecule has 2 aromatic rings. The highest BCUT2D eigenvalue weighted by Crippen LogP contribution is 2.53. The molecule has 1 saturated carbocycles. The average Bonchev–Trinajstić information content (AvgIpc) is 3.62. The topological polar surface area (TPSA) is 6.48 Å². The van der Waals surface area contributed by atoms with Crippen LogP contribution in [0.2, 0.25) is 0 Å². The molecule has 0 amide bonds. The van der Waals surface area contributed by atoms with Crippen LogP contribution in [0.4, 0.5) is 5.69 Å². The molecule has 69 heavy (non-hydrogen) atoms. The number of benzene rings is 1. The van der Waals surface area contributed by atoms with Gasteiger partial charge in [-0.15, -0.1) is 17.9 Å². The smallest absolute Gasteiger partial charge is 0.200 e. The fraction of sp³-hybridized carbons (Fsp3) is 0.538. The molecule has 1 radical (unpaired) electrons. The Labute approximate surface area is 427 Å². The lowest BCUT2D eigenvalue weighted by molar-refractivity contribution is 0.260. The summed E-state index contributed by atoms with van der Waals surface area (Å²) < 4.78 is 2.65. The van der Waals surface area contributed by atoms with E-state index in [-0.39, 0.29) is 38.5 Å². The van der Waals surface area contributed by atoms with Gasteiger partial charge in [0.15, 0.2) is 0 Å². The Hall–Kier alpha value is -4.02. The highest BCUT2D eigenvalue weighted by atomic mass is 32.1. The summed E-state index contributed by atoms with van der Waals surface area (Å²) in [5, 5.41) is 1.35. The van der Waals surface area contributed by atoms with Gasteiger partial charge in [-0.1, -0.05) is 158 Å². The monoisotopic (exact) mass is 944 g/mol. The highest BCUT2D eigenvalue weighted by molar-refractivity contribution is 7.28. The molecule has 2 nitrogen and oxygen atoms in total. The minimum absolute atomic E-state index is 0.00696. The van der Waals surface area contributed by atoms with Crippen molar-refractivity contribution < 1.29 is 0 Å². The lowest BCUT2D eigenvalue weighted by atomic mass is 9.61. The number of allylic oxidation sites excluding steroid dienone is 12. The van der Waals surface area contributed by atoms with Crippen LogP contribution in [-0.2, 0) is 10.8 Å². The van der Waals surface area contributed by atoms with E-state index in [9.17, 15) is 0 Å². The van der Waals surface area contributed by atoms with Crippen LogP contribution in [0.15, 0.2) is 143 Å². The fourth-order valence-corrected chi connectivity index (χ4v) is 12.4. The zero-order chi connectivity index (χ0) is 51.1. The van der Waals surface area contributed by atoms with Crippen molar-refractivity contribution in [2.45, 2.75) is 193 Å². The Bertz CT molecular complexity index is 2570. The molecule has 0 N–H and O–H groups in total. The molecule has 2 heterocycles. The number of nitrogens with zero attached hydrogens (tertiary/aromatic N) is 2. The molecule has 1 unspecified atom stereocenters. The number of rotatable bonds is 12. The molecule has 0 saturated heterocycles. The van der Waals surface area contributed by atoms with Crippen LogP contribution in [0.1, 0.15) is 187 Å². The molecule has 1 aromatic heterocycles. The van der Waals surface area contributed by atoms with Gasteiger partial charge in [0.2, 0.25) is 7.28 Å². The van der Waals surface area contributed by atoms with Crippen molar-refractivity contribution in [3.8, 4) is 0 Å². The molecule has 1 atom stereocenters. The van der Waals surface area contributed by atoms with E-state index >= 15 is 0 Å². The molecule has 3 aliphatic carbocycles. The lowest BCUT2D eigenvalue weighted by Gasteiger charge is -2.44. The van der Waals surface area contributed by atoms with Crippen LogP contribution in [0, 0.1) is 27.6 Å². The average molecular weight is 944 g/mol. The van der Waals surface area contributed by atoms with Crippen LogP contribution in [0.5, 0.6) is 0 Å². The molecule has 6 rings (SSSR count). The third kappa shape index (κ3) is 11.5. The molecule has 1 aliphatic heterocycles. The maximum absolute atomic E-state index is 4.88. The molecule has 371 valence electrons. The minimum Gasteiger partial charge on any atom is -0.345 e. The summed E-state index contributed by atoms with van der Waals surface area (Å²) in [5.74, 6) is 3.02. The third-order valence-electron chi connectivity index (χ3n) is 17.1. The fourth-order valence-electron chi connectivity index (χ4n) is 11.3. The summed E-state index contributed by atoms with van der Waals surface area (Å²) in [6.45, 7) is 52.9. The summed E-state index contributed by atoms with van der Waals surface area (Å²) in [5.41, 5.74) is 15.4. The van der Waals surface area contributed by atoms with Crippen molar-refractivity contribution in [3.63, 3.8) is 0 Å². The summed E-state index contributed by atoms with van der Waals surface area (Å²) in [6, 6.07) is 5.17. The Balaban J connectivity index is 1.72. The van der Waals surface area contributed by atoms with Crippen molar-refractivity contribution >= 4 is 39.2 Å². The number of anilines is 1. The Morgan fingerprint density at radius 2 is 1.45 bits per heavy atom. The Morgan fingerprint density at radius 3 is 2.07 bits per heavy atom. The molecule has 1 aromatic carbocycles. The van der Waals surface area contributed by atoms with Crippen LogP contribution < -0.4 is 9.68 Å². The first-order valence-electron chi connectivity index (χ1n) is 26.6. The van der Waals surface area contributed by atoms with E-state index in [0.29, 0.717) is 12.5 Å². The van der Waals surface area contributed by atoms with Crippen LogP contribution in [-0.4, -0.2) is 24.8 Å². The third-order valence-corrected chi connectivity index (χ3v) is 18.2. The molecular formula is C65H92BN2S. The van der Waals surface area contributed by atoms with E-state index in [2.05, 4.69) is 233 Å². The van der Waals surface area contributed by atoms with Gasteiger partial charge in [0.05, 0.1) is 11.7 Å². The van der Waals surface area contributed by atoms with Crippen molar-refractivity contribution in [2.24, 2.45) is 27.6 Å². The van der Waals surface area contributed by atoms with Gasteiger partial charge < -0.3 is 9.80 Å². The SMILES string of the molecule is C=CCC1/C=C/N(CC(=C\C2=C(C)C(C)(C)CCC2(C)C)/C(C)=C/C=C\C)C(/C=C2\C(=C)C(C)(C)CCC2(C)C)=C\[B]c2sc3cc4c(cc3c2N1C(/C=C\CC(C)C)=C/C)C(C)(C)CCC4(C)C. The van der Waals surface area contributed by atoms with Gasteiger partial charge in [-0.05, 0) is 192 Å². The van der Waals surface area contributed by atoms with E-state index < -0.39 is 0 Å². The second-order valence-corrected chi connectivity index (χ2v) is 26.7. The van der Waals surface area contributed by atoms with Crippen molar-refractivity contribution in [1.29, 1.82) is 0 Å². The van der Waals surface area contributed by atoms with Gasteiger partial charge in [0.25, 0.3) is 0 Å². The lowest BCUT2D eigenvalue weighted by Crippen LogP contribution is -2.37. The number of thiophene rings is 1. The minimum atomic E-state index is -0.0229. The molecular weight excluding hydrogens is 852 g/mol. The second kappa shape index (κ2) is 20.6. The molecule has 0 spiro atoms. The first-order valence-corrected chi connectivity index (χ1v) is 27.4. The molecule has 0 bridgehead atoms. The molecule has 1 fully saturated rings. The standard InChI is InChI=1S/C65H92BN2S/c1-21-24-28-45(6)48(38-53-46(7)60(9,10)31-33-62(53,13)14)43-67-37-30-50(26-22-2)68(49(23-3)29-25-27-44(4)5)58-52-40-55-56(65(19,20)36-35-64(55,17)18)41-57(52)69-59(58)66-42-51(67)39-54-47(8)61(11,12)32-34-63(54,15)16/h21-25,28-30,37-42,44,50H,2,8,26-27,31-36,43H2,1,3-7,9-20H3/b24-21-,29-25-,37-30+,45-28+,48-38+,49-23+,51-42-,54-39+. The van der Waals surface area contributed by atoms with Gasteiger partial charge in [0.1, 0.15) is 0 Å². The Morgan fingerprint density at radius 1 is 0.841 bits per heavy atom. The van der Waals surface area contributed by atoms with Gasteiger partial charge in [-0.3, -0.25) is 0 Å². The van der Waals surface area contributed by atoms with Crippen LogP contribution >= 0.6 is 11.3 Å². The van der Waals surface area contributed by atoms with Crippen LogP contribution in [0.3, 0.4) is 0 Å². The zero-order valence-electron chi connectivity index (χ0n) is 46.9. The summed E-state index contributed by atoms with van der Waals surface area (Å²) in [4.78, 5) is 5.22. The Kier molecular flexibility index (Phi) is 16.2. The van der Waals surface area contributed by atoms with E-state index in [0.717, 1.165) is 25.7 Å². The quantitative estimate of drug-likeness (QED) is 0.119. The van der Waals surface area contributed by atoms with E-state index in [1.807, 2.05) is 11.3 Å². The number of hydrogen-bond acceptors (Lipinski definition) is 3. The predicted molar refractivity (Wildman–Crippen MR) is 310 cm³/mol. The highest BCUT2D eigenvalue weighted by Gasteiger charge is 2.41. The number of hydrogen-bond donors (Lipinski definition) is 0. The summed E-state index contributed by atoms with van der Waals surface area (Å²) in [6.07, 6.45) is 34.7. The maximum Gasteiger partial charge on any atom is 0.200 e. The largest absolute Gasteiger partial charge is 0.345 e. The molecule has 4 heteroatoms. The van der Waals surface area contributed by atoms with Gasteiger partial charge in [-0.25, -0.2) is 0 Å². The predicted octanol–water partition coefficient (Wildman–Crippen LogP) is 18.4. The van der Waals surface area contributed by atoms with Gasteiger partial charge in [0, 0.05) is 34.2 Å². The number of fused-ring (bicyclic) bond motifs is 4. The maximum atomic E-state index is 4.88. The second-order valence-electron chi connectivity index (χ2n) is 25.6. The normalized spacial score (nSPS) is 25.5. The van der Waals surface area contributed by atoms with Crippen LogP contribution in [0.25, 0.3) is 10.1 Å². The van der Waals surface area contributed by atoms with E-state index in [1.54, 1.807) is 0 Å².